The Morgan fingerprint density at radius 3 is 2.26 bits per heavy atom. The molecule has 144 valence electrons. The normalized spacial score (nSPS) is 12.2. The van der Waals surface area contributed by atoms with E-state index in [1.165, 1.54) is 30.3 Å². The summed E-state index contributed by atoms with van der Waals surface area (Å²) < 4.78 is 65.7. The highest BCUT2D eigenvalue weighted by Crippen LogP contribution is 2.23. The molecule has 0 heterocycles. The second-order valence-electron chi connectivity index (χ2n) is 5.02. The van der Waals surface area contributed by atoms with Gasteiger partial charge in [0.15, 0.2) is 0 Å². The largest absolute Gasteiger partial charge is 0.573 e. The summed E-state index contributed by atoms with van der Waals surface area (Å²) in [6.07, 6.45) is -3.73. The minimum atomic E-state index is -4.83. The Morgan fingerprint density at radius 1 is 1.07 bits per heavy atom. The van der Waals surface area contributed by atoms with E-state index in [9.17, 15) is 26.4 Å². The molecule has 0 unspecified atom stereocenters. The van der Waals surface area contributed by atoms with E-state index in [-0.39, 0.29) is 21.2 Å². The third-order valence-corrected chi connectivity index (χ3v) is 4.48. The summed E-state index contributed by atoms with van der Waals surface area (Å²) in [7, 11) is -4.18. The van der Waals surface area contributed by atoms with Crippen LogP contribution in [0.2, 0.25) is 10.0 Å². The predicted molar refractivity (Wildman–Crippen MR) is 95.0 cm³/mol. The molecular formula is C16H10Cl2F3NO4S. The highest BCUT2D eigenvalue weighted by molar-refractivity contribution is 7.93. The highest BCUT2D eigenvalue weighted by atomic mass is 35.5. The number of hydrogen-bond donors (Lipinski definition) is 1. The summed E-state index contributed by atoms with van der Waals surface area (Å²) in [5, 5.41) is 0.936. The van der Waals surface area contributed by atoms with Gasteiger partial charge in [-0.25, -0.2) is 13.1 Å². The Balaban J connectivity index is 2.08. The molecule has 0 fully saturated rings. The van der Waals surface area contributed by atoms with Gasteiger partial charge >= 0.3 is 6.36 Å². The number of nitrogens with one attached hydrogen (secondary N) is 1. The minimum absolute atomic E-state index is 0.0283. The van der Waals surface area contributed by atoms with Gasteiger partial charge in [-0.1, -0.05) is 35.3 Å². The van der Waals surface area contributed by atoms with E-state index < -0.39 is 28.0 Å². The molecule has 2 aromatic rings. The molecule has 2 rings (SSSR count). The van der Waals surface area contributed by atoms with Gasteiger partial charge in [0.05, 0.1) is 16.0 Å². The third kappa shape index (κ3) is 6.78. The second-order valence-corrected chi connectivity index (χ2v) is 7.43. The van der Waals surface area contributed by atoms with Gasteiger partial charge in [-0.2, -0.15) is 0 Å². The van der Waals surface area contributed by atoms with Gasteiger partial charge in [-0.05, 0) is 42.0 Å². The van der Waals surface area contributed by atoms with Crippen LogP contribution in [-0.4, -0.2) is 20.7 Å². The molecule has 27 heavy (non-hydrogen) atoms. The maximum absolute atomic E-state index is 12.1. The number of amides is 1. The topological polar surface area (TPSA) is 72.5 Å². The zero-order valence-corrected chi connectivity index (χ0v) is 15.5. The quantitative estimate of drug-likeness (QED) is 0.737. The number of ether oxygens (including phenoxy) is 1. The monoisotopic (exact) mass is 439 g/mol. The Morgan fingerprint density at radius 2 is 1.70 bits per heavy atom. The third-order valence-electron chi connectivity index (χ3n) is 2.96. The Bertz CT molecular complexity index is 974. The fraction of sp³-hybridized carbons (Fsp3) is 0.0625. The van der Waals surface area contributed by atoms with Crippen molar-refractivity contribution in [3.63, 3.8) is 0 Å². The van der Waals surface area contributed by atoms with Crippen LogP contribution in [0.5, 0.6) is 5.75 Å². The molecular weight excluding hydrogens is 430 g/mol. The Labute approximate surface area is 162 Å². The molecule has 0 atom stereocenters. The van der Waals surface area contributed by atoms with Crippen LogP contribution in [0.4, 0.5) is 13.2 Å². The lowest BCUT2D eigenvalue weighted by molar-refractivity contribution is -0.274. The van der Waals surface area contributed by atoms with Crippen molar-refractivity contribution in [1.82, 2.24) is 4.72 Å². The summed E-state index contributed by atoms with van der Waals surface area (Å²) in [5.74, 6) is -1.41. The smallest absolute Gasteiger partial charge is 0.406 e. The number of benzene rings is 2. The van der Waals surface area contributed by atoms with Crippen molar-refractivity contribution in [3.8, 4) is 5.75 Å². The number of sulfonamides is 1. The lowest BCUT2D eigenvalue weighted by Gasteiger charge is -2.08. The van der Waals surface area contributed by atoms with Gasteiger partial charge < -0.3 is 4.74 Å². The molecule has 2 aromatic carbocycles. The SMILES string of the molecule is O=C(NS(=O)(=O)/C=C/c1ccc(OC(F)(F)F)cc1)c1ccc(Cl)cc1Cl. The molecule has 0 bridgehead atoms. The summed E-state index contributed by atoms with van der Waals surface area (Å²) in [6.45, 7) is 0. The summed E-state index contributed by atoms with van der Waals surface area (Å²) in [5.41, 5.74) is 0.179. The molecule has 0 aliphatic carbocycles. The zero-order chi connectivity index (χ0) is 20.2. The van der Waals surface area contributed by atoms with Crippen molar-refractivity contribution in [1.29, 1.82) is 0 Å². The van der Waals surface area contributed by atoms with E-state index in [0.29, 0.717) is 5.41 Å². The van der Waals surface area contributed by atoms with E-state index in [1.54, 1.807) is 4.72 Å². The second kappa shape index (κ2) is 8.20. The van der Waals surface area contributed by atoms with E-state index in [1.807, 2.05) is 0 Å². The van der Waals surface area contributed by atoms with E-state index in [0.717, 1.165) is 18.2 Å². The van der Waals surface area contributed by atoms with E-state index in [2.05, 4.69) is 4.74 Å². The maximum Gasteiger partial charge on any atom is 0.573 e. The average molecular weight is 440 g/mol. The van der Waals surface area contributed by atoms with E-state index in [4.69, 9.17) is 23.2 Å². The van der Waals surface area contributed by atoms with Crippen molar-refractivity contribution in [2.24, 2.45) is 0 Å². The van der Waals surface area contributed by atoms with Crippen LogP contribution in [0, 0.1) is 0 Å². The maximum atomic E-state index is 12.1. The first-order valence-electron chi connectivity index (χ1n) is 7.01. The van der Waals surface area contributed by atoms with E-state index >= 15 is 0 Å². The number of alkyl halides is 3. The van der Waals surface area contributed by atoms with Gasteiger partial charge in [-0.3, -0.25) is 4.79 Å². The number of carbonyl (C=O) groups is 1. The van der Waals surface area contributed by atoms with Crippen molar-refractivity contribution in [2.45, 2.75) is 6.36 Å². The molecule has 1 amide bonds. The first-order valence-corrected chi connectivity index (χ1v) is 9.31. The average Bonchev–Trinajstić information content (AvgIpc) is 2.52. The van der Waals surface area contributed by atoms with Crippen LogP contribution in [0.3, 0.4) is 0 Å². The van der Waals surface area contributed by atoms with Crippen molar-refractivity contribution < 1.29 is 31.1 Å². The Hall–Kier alpha value is -2.23. The fourth-order valence-electron chi connectivity index (χ4n) is 1.84. The van der Waals surface area contributed by atoms with Gasteiger partial charge in [0, 0.05) is 5.02 Å². The lowest BCUT2D eigenvalue weighted by Crippen LogP contribution is -2.29. The van der Waals surface area contributed by atoms with Crippen LogP contribution >= 0.6 is 23.2 Å². The van der Waals surface area contributed by atoms with Crippen LogP contribution in [0.15, 0.2) is 47.9 Å². The summed E-state index contributed by atoms with van der Waals surface area (Å²) >= 11 is 11.5. The molecule has 1 N–H and O–H groups in total. The van der Waals surface area contributed by atoms with Gasteiger partial charge in [0.2, 0.25) is 0 Å². The number of carbonyl (C=O) groups excluding carboxylic acids is 1. The van der Waals surface area contributed by atoms with Crippen LogP contribution in [-0.2, 0) is 10.0 Å². The van der Waals surface area contributed by atoms with Gasteiger partial charge in [0.25, 0.3) is 15.9 Å². The molecule has 0 saturated heterocycles. The molecule has 0 saturated carbocycles. The molecule has 5 nitrogen and oxygen atoms in total. The summed E-state index contributed by atoms with van der Waals surface area (Å²) in [6, 6.07) is 8.38. The molecule has 0 aliphatic rings. The molecule has 11 heteroatoms. The molecule has 0 aromatic heterocycles. The van der Waals surface area contributed by atoms with Crippen molar-refractivity contribution in [2.75, 3.05) is 0 Å². The zero-order valence-electron chi connectivity index (χ0n) is 13.1. The molecule has 0 spiro atoms. The number of rotatable bonds is 5. The van der Waals surface area contributed by atoms with Crippen molar-refractivity contribution >= 4 is 45.2 Å². The first kappa shape index (κ1) is 21.1. The van der Waals surface area contributed by atoms with Crippen LogP contribution < -0.4 is 9.46 Å². The van der Waals surface area contributed by atoms with Gasteiger partial charge in [0.1, 0.15) is 5.75 Å². The fourth-order valence-corrected chi connectivity index (χ4v) is 3.11. The predicted octanol–water partition coefficient (Wildman–Crippen LogP) is 4.62. The molecule has 0 aliphatic heterocycles. The Kier molecular flexibility index (Phi) is 6.40. The van der Waals surface area contributed by atoms with Crippen molar-refractivity contribution in [3.05, 3.63) is 69.0 Å². The molecule has 0 radical (unpaired) electrons. The number of halogens is 5. The van der Waals surface area contributed by atoms with Crippen LogP contribution in [0.1, 0.15) is 15.9 Å². The van der Waals surface area contributed by atoms with Gasteiger partial charge in [-0.15, -0.1) is 13.2 Å². The minimum Gasteiger partial charge on any atom is -0.406 e. The first-order chi connectivity index (χ1) is 12.5. The standard InChI is InChI=1S/C16H10Cl2F3NO4S/c17-11-3-6-13(14(18)9-11)15(23)22-27(24,25)8-7-10-1-4-12(5-2-10)26-16(19,20)21/h1-9H,(H,22,23)/b8-7+. The lowest BCUT2D eigenvalue weighted by atomic mass is 10.2. The van der Waals surface area contributed by atoms with Crippen LogP contribution in [0.25, 0.3) is 6.08 Å². The highest BCUT2D eigenvalue weighted by Gasteiger charge is 2.30. The summed E-state index contributed by atoms with van der Waals surface area (Å²) in [4.78, 5) is 12.0. The number of hydrogen-bond acceptors (Lipinski definition) is 4.